The molecule has 10 heteroatoms. The first kappa shape index (κ1) is 28.9. The summed E-state index contributed by atoms with van der Waals surface area (Å²) in [5.41, 5.74) is 10.4. The molecule has 212 valence electrons. The van der Waals surface area contributed by atoms with Gasteiger partial charge in [-0.25, -0.2) is 4.99 Å². The van der Waals surface area contributed by atoms with Gasteiger partial charge in [-0.3, -0.25) is 19.6 Å². The van der Waals surface area contributed by atoms with Crippen molar-refractivity contribution >= 4 is 17.8 Å². The lowest BCUT2D eigenvalue weighted by atomic mass is 10.1. The lowest BCUT2D eigenvalue weighted by Crippen LogP contribution is -2.42. The van der Waals surface area contributed by atoms with Crippen LogP contribution in [0.3, 0.4) is 0 Å². The van der Waals surface area contributed by atoms with Gasteiger partial charge in [-0.05, 0) is 41.0 Å². The van der Waals surface area contributed by atoms with Crippen LogP contribution in [-0.4, -0.2) is 47.8 Å². The average Bonchev–Trinajstić information content (AvgIpc) is 3.42. The highest BCUT2D eigenvalue weighted by molar-refractivity contribution is 5.98. The molecule has 0 radical (unpaired) electrons. The second-order valence-corrected chi connectivity index (χ2v) is 9.43. The van der Waals surface area contributed by atoms with Gasteiger partial charge in [-0.15, -0.1) is 0 Å². The number of aromatic nitrogens is 2. The Morgan fingerprint density at radius 3 is 2.39 bits per heavy atom. The number of carbonyl (C=O) groups excluding carboxylic acids is 2. The van der Waals surface area contributed by atoms with E-state index in [-0.39, 0.29) is 24.2 Å². The van der Waals surface area contributed by atoms with E-state index in [0.29, 0.717) is 30.0 Å². The number of aliphatic imine (C=N–C) groups is 1. The Morgan fingerprint density at radius 1 is 0.927 bits per heavy atom. The van der Waals surface area contributed by atoms with E-state index in [1.165, 1.54) is 7.11 Å². The molecule has 3 aromatic carbocycles. The quantitative estimate of drug-likeness (QED) is 0.193. The van der Waals surface area contributed by atoms with Crippen LogP contribution in [0.15, 0.2) is 90.1 Å². The van der Waals surface area contributed by atoms with Crippen LogP contribution in [0.2, 0.25) is 0 Å². The van der Waals surface area contributed by atoms with Gasteiger partial charge in [-0.2, -0.15) is 5.10 Å². The van der Waals surface area contributed by atoms with Crippen molar-refractivity contribution in [1.29, 1.82) is 0 Å². The van der Waals surface area contributed by atoms with E-state index < -0.39 is 6.04 Å². The highest BCUT2D eigenvalue weighted by Crippen LogP contribution is 2.27. The van der Waals surface area contributed by atoms with Gasteiger partial charge in [0.05, 0.1) is 26.3 Å². The van der Waals surface area contributed by atoms with Crippen molar-refractivity contribution in [3.05, 3.63) is 102 Å². The maximum absolute atomic E-state index is 13.3. The van der Waals surface area contributed by atoms with Gasteiger partial charge in [0.15, 0.2) is 17.5 Å². The first-order valence-corrected chi connectivity index (χ1v) is 13.1. The second kappa shape index (κ2) is 13.8. The standard InChI is InChI=1S/C31H34N6O4/c1-37-15-14-25(36-37)24-11-7-10-23(16-24)20-33-30(39)26(17-21-8-5-4-6-9-21)34-31(32)35-29(38)19-22-12-13-27(40-2)28(18-22)41-3/h4-16,18,26H,17,19-20H2,1-3H3,(H,33,39)(H3,32,34,35,38). The molecule has 2 amide bonds. The normalized spacial score (nSPS) is 11.9. The van der Waals surface area contributed by atoms with Crippen LogP contribution in [0.4, 0.5) is 0 Å². The predicted molar refractivity (Wildman–Crippen MR) is 157 cm³/mol. The summed E-state index contributed by atoms with van der Waals surface area (Å²) >= 11 is 0. The molecule has 1 atom stereocenters. The number of rotatable bonds is 11. The molecular weight excluding hydrogens is 520 g/mol. The topological polar surface area (TPSA) is 133 Å². The Balaban J connectivity index is 1.44. The number of nitrogens with zero attached hydrogens (tertiary/aromatic N) is 3. The lowest BCUT2D eigenvalue weighted by molar-refractivity contribution is -0.122. The molecule has 1 heterocycles. The summed E-state index contributed by atoms with van der Waals surface area (Å²) in [6, 6.07) is 23.6. The Morgan fingerprint density at radius 2 is 1.68 bits per heavy atom. The van der Waals surface area contributed by atoms with Crippen LogP contribution in [0.25, 0.3) is 11.3 Å². The van der Waals surface area contributed by atoms with E-state index in [2.05, 4.69) is 20.7 Å². The SMILES string of the molecule is COc1ccc(CC(=O)NC(N)=NC(Cc2ccccc2)C(=O)NCc2cccc(-c3ccn(C)n3)c2)cc1OC. The number of guanidine groups is 1. The van der Waals surface area contributed by atoms with Crippen molar-refractivity contribution < 1.29 is 19.1 Å². The molecule has 4 rings (SSSR count). The minimum absolute atomic E-state index is 0.0404. The minimum atomic E-state index is -0.849. The first-order valence-electron chi connectivity index (χ1n) is 13.1. The summed E-state index contributed by atoms with van der Waals surface area (Å²) in [5, 5.41) is 10.00. The van der Waals surface area contributed by atoms with Crippen LogP contribution in [0, 0.1) is 0 Å². The van der Waals surface area contributed by atoms with Gasteiger partial charge in [0.2, 0.25) is 11.8 Å². The molecule has 1 aromatic heterocycles. The molecule has 0 aliphatic rings. The van der Waals surface area contributed by atoms with E-state index in [1.807, 2.05) is 73.9 Å². The zero-order valence-corrected chi connectivity index (χ0v) is 23.3. The van der Waals surface area contributed by atoms with E-state index in [4.69, 9.17) is 15.2 Å². The maximum Gasteiger partial charge on any atom is 0.245 e. The maximum atomic E-state index is 13.3. The molecule has 10 nitrogen and oxygen atoms in total. The fourth-order valence-electron chi connectivity index (χ4n) is 4.31. The second-order valence-electron chi connectivity index (χ2n) is 9.43. The molecule has 0 aliphatic carbocycles. The molecule has 4 N–H and O–H groups in total. The molecule has 0 bridgehead atoms. The summed E-state index contributed by atoms with van der Waals surface area (Å²) < 4.78 is 12.3. The summed E-state index contributed by atoms with van der Waals surface area (Å²) in [5.74, 6) is 0.266. The fraction of sp³-hybridized carbons (Fsp3) is 0.226. The van der Waals surface area contributed by atoms with Crippen molar-refractivity contribution in [3.63, 3.8) is 0 Å². The van der Waals surface area contributed by atoms with Gasteiger partial charge < -0.3 is 20.5 Å². The molecule has 0 saturated carbocycles. The Labute approximate surface area is 239 Å². The number of methoxy groups -OCH3 is 2. The molecule has 4 aromatic rings. The number of hydrogen-bond acceptors (Lipinski definition) is 6. The summed E-state index contributed by atoms with van der Waals surface area (Å²) in [7, 11) is 4.94. The van der Waals surface area contributed by atoms with Crippen molar-refractivity contribution in [3.8, 4) is 22.8 Å². The molecule has 41 heavy (non-hydrogen) atoms. The fourth-order valence-corrected chi connectivity index (χ4v) is 4.31. The summed E-state index contributed by atoms with van der Waals surface area (Å²) in [4.78, 5) is 30.4. The minimum Gasteiger partial charge on any atom is -0.493 e. The number of ether oxygens (including phenoxy) is 2. The number of aryl methyl sites for hydroxylation is 1. The lowest BCUT2D eigenvalue weighted by Gasteiger charge is -2.15. The number of hydrogen-bond donors (Lipinski definition) is 3. The van der Waals surface area contributed by atoms with Gasteiger partial charge in [-0.1, -0.05) is 54.6 Å². The predicted octanol–water partition coefficient (Wildman–Crippen LogP) is 3.01. The zero-order valence-electron chi connectivity index (χ0n) is 23.3. The summed E-state index contributed by atoms with van der Waals surface area (Å²) in [6.45, 7) is 0.298. The highest BCUT2D eigenvalue weighted by atomic mass is 16.5. The molecule has 0 fully saturated rings. The number of amides is 2. The molecule has 0 spiro atoms. The Kier molecular flexibility index (Phi) is 9.71. The molecule has 0 aliphatic heterocycles. The largest absolute Gasteiger partial charge is 0.493 e. The number of benzene rings is 3. The van der Waals surface area contributed by atoms with Crippen LogP contribution in [0.1, 0.15) is 16.7 Å². The number of nitrogens with two attached hydrogens (primary N) is 1. The van der Waals surface area contributed by atoms with Crippen LogP contribution >= 0.6 is 0 Å². The van der Waals surface area contributed by atoms with Crippen molar-refractivity contribution in [2.24, 2.45) is 17.8 Å². The third-order valence-corrected chi connectivity index (χ3v) is 6.35. The third kappa shape index (κ3) is 8.18. The molecule has 1 unspecified atom stereocenters. The van der Waals surface area contributed by atoms with Crippen LogP contribution in [-0.2, 0) is 36.0 Å². The van der Waals surface area contributed by atoms with E-state index in [1.54, 1.807) is 30.0 Å². The van der Waals surface area contributed by atoms with Crippen molar-refractivity contribution in [1.82, 2.24) is 20.4 Å². The summed E-state index contributed by atoms with van der Waals surface area (Å²) in [6.07, 6.45) is 2.23. The first-order chi connectivity index (χ1) is 19.8. The zero-order chi connectivity index (χ0) is 29.2. The van der Waals surface area contributed by atoms with Gasteiger partial charge in [0, 0.05) is 31.8 Å². The van der Waals surface area contributed by atoms with E-state index in [9.17, 15) is 9.59 Å². The Hall–Kier alpha value is -5.12. The third-order valence-electron chi connectivity index (χ3n) is 6.35. The van der Waals surface area contributed by atoms with Gasteiger partial charge in [0.1, 0.15) is 6.04 Å². The molecular formula is C31H34N6O4. The number of nitrogens with one attached hydrogen (secondary N) is 2. The highest BCUT2D eigenvalue weighted by Gasteiger charge is 2.20. The van der Waals surface area contributed by atoms with Crippen LogP contribution < -0.4 is 25.8 Å². The van der Waals surface area contributed by atoms with Gasteiger partial charge >= 0.3 is 0 Å². The van der Waals surface area contributed by atoms with Gasteiger partial charge in [0.25, 0.3) is 0 Å². The monoisotopic (exact) mass is 554 g/mol. The van der Waals surface area contributed by atoms with E-state index in [0.717, 1.165) is 22.4 Å². The average molecular weight is 555 g/mol. The Bertz CT molecular complexity index is 1520. The van der Waals surface area contributed by atoms with E-state index >= 15 is 0 Å². The smallest absolute Gasteiger partial charge is 0.245 e. The van der Waals surface area contributed by atoms with Crippen molar-refractivity contribution in [2.75, 3.05) is 14.2 Å². The number of carbonyl (C=O) groups is 2. The molecule has 0 saturated heterocycles. The van der Waals surface area contributed by atoms with Crippen LogP contribution in [0.5, 0.6) is 11.5 Å². The van der Waals surface area contributed by atoms with Crippen molar-refractivity contribution in [2.45, 2.75) is 25.4 Å².